The molecule has 5 heteroatoms. The molecule has 2 heterocycles. The average molecular weight is 343 g/mol. The maximum Gasteiger partial charge on any atom is 0.161 e. The monoisotopic (exact) mass is 343 g/mol. The lowest BCUT2D eigenvalue weighted by molar-refractivity contribution is 0.672. The van der Waals surface area contributed by atoms with Gasteiger partial charge in [-0.15, -0.1) is 0 Å². The van der Waals surface area contributed by atoms with Crippen LogP contribution in [0.25, 0.3) is 22.4 Å². The third-order valence-corrected chi connectivity index (χ3v) is 4.44. The van der Waals surface area contributed by atoms with Crippen LogP contribution in [0.15, 0.2) is 66.9 Å². The van der Waals surface area contributed by atoms with Crippen LogP contribution in [0.4, 0.5) is 5.82 Å². The van der Waals surface area contributed by atoms with Crippen LogP contribution in [0.1, 0.15) is 25.7 Å². The molecule has 1 N–H and O–H groups in total. The first-order chi connectivity index (χ1) is 12.8. The number of aromatic nitrogens is 4. The van der Waals surface area contributed by atoms with Gasteiger partial charge in [0, 0.05) is 18.3 Å². The van der Waals surface area contributed by atoms with Gasteiger partial charge in [0.25, 0.3) is 0 Å². The van der Waals surface area contributed by atoms with Crippen LogP contribution in [0.3, 0.4) is 0 Å². The third-order valence-electron chi connectivity index (χ3n) is 4.44. The quantitative estimate of drug-likeness (QED) is 0.571. The average Bonchev–Trinajstić information content (AvgIpc) is 3.08. The van der Waals surface area contributed by atoms with Crippen molar-refractivity contribution in [2.24, 2.45) is 0 Å². The van der Waals surface area contributed by atoms with Gasteiger partial charge in [-0.25, -0.2) is 15.0 Å². The molecular formula is C21H21N5. The first-order valence-corrected chi connectivity index (χ1v) is 8.86. The SMILES string of the molecule is CCn1c(C(C)Nc2ccnc(-c3ccccc3)n2)nc2ccccc21. The Labute approximate surface area is 152 Å². The summed E-state index contributed by atoms with van der Waals surface area (Å²) in [5, 5.41) is 3.47. The van der Waals surface area contributed by atoms with E-state index >= 15 is 0 Å². The molecule has 0 saturated heterocycles. The zero-order chi connectivity index (χ0) is 17.9. The standard InChI is InChI=1S/C21H21N5/c1-3-26-18-12-8-7-11-17(18)24-21(26)15(2)23-19-13-14-22-20(25-19)16-9-5-4-6-10-16/h4-15H,3H2,1-2H3,(H,22,23,25). The molecule has 26 heavy (non-hydrogen) atoms. The van der Waals surface area contributed by atoms with Gasteiger partial charge in [0.05, 0.1) is 17.1 Å². The number of nitrogens with one attached hydrogen (secondary N) is 1. The van der Waals surface area contributed by atoms with Crippen LogP contribution in [0, 0.1) is 0 Å². The predicted molar refractivity (Wildman–Crippen MR) is 105 cm³/mol. The minimum Gasteiger partial charge on any atom is -0.360 e. The summed E-state index contributed by atoms with van der Waals surface area (Å²) in [7, 11) is 0. The van der Waals surface area contributed by atoms with E-state index in [-0.39, 0.29) is 6.04 Å². The molecular weight excluding hydrogens is 322 g/mol. The molecule has 1 atom stereocenters. The molecule has 0 amide bonds. The molecule has 0 aliphatic heterocycles. The summed E-state index contributed by atoms with van der Waals surface area (Å²) in [4.78, 5) is 13.9. The lowest BCUT2D eigenvalue weighted by Crippen LogP contribution is -2.14. The van der Waals surface area contributed by atoms with Gasteiger partial charge in [-0.05, 0) is 32.0 Å². The summed E-state index contributed by atoms with van der Waals surface area (Å²) in [5.74, 6) is 2.52. The van der Waals surface area contributed by atoms with Gasteiger partial charge >= 0.3 is 0 Å². The second kappa shape index (κ2) is 6.96. The van der Waals surface area contributed by atoms with Crippen LogP contribution in [-0.4, -0.2) is 19.5 Å². The molecule has 0 aliphatic carbocycles. The van der Waals surface area contributed by atoms with Gasteiger partial charge < -0.3 is 9.88 Å². The zero-order valence-corrected chi connectivity index (χ0v) is 14.9. The van der Waals surface area contributed by atoms with Crippen molar-refractivity contribution in [2.75, 3.05) is 5.32 Å². The normalized spacial score (nSPS) is 12.2. The second-order valence-corrected chi connectivity index (χ2v) is 6.20. The van der Waals surface area contributed by atoms with E-state index in [2.05, 4.69) is 51.9 Å². The number of aryl methyl sites for hydroxylation is 1. The Morgan fingerprint density at radius 2 is 1.73 bits per heavy atom. The van der Waals surface area contributed by atoms with Crippen molar-refractivity contribution < 1.29 is 0 Å². The lowest BCUT2D eigenvalue weighted by atomic mass is 10.2. The van der Waals surface area contributed by atoms with Gasteiger partial charge in [0.2, 0.25) is 0 Å². The Morgan fingerprint density at radius 1 is 0.962 bits per heavy atom. The maximum atomic E-state index is 4.82. The first kappa shape index (κ1) is 16.3. The van der Waals surface area contributed by atoms with Gasteiger partial charge in [-0.3, -0.25) is 0 Å². The van der Waals surface area contributed by atoms with Crippen LogP contribution >= 0.6 is 0 Å². The maximum absolute atomic E-state index is 4.82. The molecule has 130 valence electrons. The summed E-state index contributed by atoms with van der Waals surface area (Å²) in [6.45, 7) is 5.13. The summed E-state index contributed by atoms with van der Waals surface area (Å²) in [5.41, 5.74) is 3.18. The molecule has 0 radical (unpaired) electrons. The molecule has 0 aliphatic rings. The van der Waals surface area contributed by atoms with Crippen molar-refractivity contribution >= 4 is 16.9 Å². The largest absolute Gasteiger partial charge is 0.360 e. The molecule has 2 aromatic carbocycles. The zero-order valence-electron chi connectivity index (χ0n) is 14.9. The Balaban J connectivity index is 1.64. The summed E-state index contributed by atoms with van der Waals surface area (Å²) < 4.78 is 2.24. The summed E-state index contributed by atoms with van der Waals surface area (Å²) in [6, 6.07) is 20.2. The van der Waals surface area contributed by atoms with Gasteiger partial charge in [0.1, 0.15) is 11.6 Å². The number of para-hydroxylation sites is 2. The Morgan fingerprint density at radius 3 is 2.54 bits per heavy atom. The number of hydrogen-bond acceptors (Lipinski definition) is 4. The fraction of sp³-hybridized carbons (Fsp3) is 0.190. The molecule has 0 bridgehead atoms. The Bertz CT molecular complexity index is 1020. The fourth-order valence-electron chi connectivity index (χ4n) is 3.21. The van der Waals surface area contributed by atoms with Crippen molar-refractivity contribution in [3.63, 3.8) is 0 Å². The Hall–Kier alpha value is -3.21. The number of imidazole rings is 1. The van der Waals surface area contributed by atoms with Crippen LogP contribution in [0.2, 0.25) is 0 Å². The van der Waals surface area contributed by atoms with E-state index in [4.69, 9.17) is 4.98 Å². The number of rotatable bonds is 5. The smallest absolute Gasteiger partial charge is 0.161 e. The van der Waals surface area contributed by atoms with Crippen LogP contribution in [0.5, 0.6) is 0 Å². The predicted octanol–water partition coefficient (Wildman–Crippen LogP) is 4.69. The highest BCUT2D eigenvalue weighted by molar-refractivity contribution is 5.76. The van der Waals surface area contributed by atoms with Crippen molar-refractivity contribution in [2.45, 2.75) is 26.4 Å². The molecule has 4 rings (SSSR count). The highest BCUT2D eigenvalue weighted by atomic mass is 15.1. The van der Waals surface area contributed by atoms with Gasteiger partial charge in [-0.1, -0.05) is 42.5 Å². The van der Waals surface area contributed by atoms with Crippen molar-refractivity contribution in [3.8, 4) is 11.4 Å². The third kappa shape index (κ3) is 3.04. The van der Waals surface area contributed by atoms with E-state index in [1.54, 1.807) is 6.20 Å². The van der Waals surface area contributed by atoms with E-state index in [1.165, 1.54) is 0 Å². The molecule has 5 nitrogen and oxygen atoms in total. The van der Waals surface area contributed by atoms with E-state index < -0.39 is 0 Å². The minimum absolute atomic E-state index is 0.0286. The molecule has 0 spiro atoms. The van der Waals surface area contributed by atoms with E-state index in [9.17, 15) is 0 Å². The molecule has 0 saturated carbocycles. The topological polar surface area (TPSA) is 55.6 Å². The van der Waals surface area contributed by atoms with Crippen LogP contribution in [-0.2, 0) is 6.54 Å². The highest BCUT2D eigenvalue weighted by Crippen LogP contribution is 2.24. The molecule has 1 unspecified atom stereocenters. The van der Waals surface area contributed by atoms with Crippen LogP contribution < -0.4 is 5.32 Å². The molecule has 2 aromatic heterocycles. The number of nitrogens with zero attached hydrogens (tertiary/aromatic N) is 4. The number of benzene rings is 2. The minimum atomic E-state index is 0.0286. The Kier molecular flexibility index (Phi) is 4.35. The van der Waals surface area contributed by atoms with E-state index in [0.717, 1.165) is 34.8 Å². The fourth-order valence-corrected chi connectivity index (χ4v) is 3.21. The number of anilines is 1. The number of fused-ring (bicyclic) bond motifs is 1. The van der Waals surface area contributed by atoms with Gasteiger partial charge in [-0.2, -0.15) is 0 Å². The van der Waals surface area contributed by atoms with Crippen molar-refractivity contribution in [1.82, 2.24) is 19.5 Å². The summed E-state index contributed by atoms with van der Waals surface area (Å²) in [6.07, 6.45) is 1.78. The molecule has 0 fully saturated rings. The first-order valence-electron chi connectivity index (χ1n) is 8.86. The van der Waals surface area contributed by atoms with Crippen molar-refractivity contribution in [3.05, 3.63) is 72.7 Å². The summed E-state index contributed by atoms with van der Waals surface area (Å²) >= 11 is 0. The lowest BCUT2D eigenvalue weighted by Gasteiger charge is -2.16. The highest BCUT2D eigenvalue weighted by Gasteiger charge is 2.16. The van der Waals surface area contributed by atoms with Gasteiger partial charge in [0.15, 0.2) is 5.82 Å². The second-order valence-electron chi connectivity index (χ2n) is 6.20. The number of hydrogen-bond donors (Lipinski definition) is 1. The van der Waals surface area contributed by atoms with E-state index in [0.29, 0.717) is 5.82 Å². The molecule has 4 aromatic rings. The van der Waals surface area contributed by atoms with Crippen molar-refractivity contribution in [1.29, 1.82) is 0 Å². The van der Waals surface area contributed by atoms with E-state index in [1.807, 2.05) is 42.5 Å².